The second-order valence-electron chi connectivity index (χ2n) is 6.97. The Labute approximate surface area is 166 Å². The zero-order chi connectivity index (χ0) is 20.3. The number of hydrogen-bond acceptors (Lipinski definition) is 5. The number of aryl methyl sites for hydroxylation is 1. The molecule has 0 aliphatic rings. The lowest BCUT2D eigenvalue weighted by Gasteiger charge is -2.24. The Balaban J connectivity index is 2.06. The third-order valence-corrected chi connectivity index (χ3v) is 6.51. The lowest BCUT2D eigenvalue weighted by molar-refractivity contribution is 0.310. The van der Waals surface area contributed by atoms with Crippen LogP contribution in [0.1, 0.15) is 11.5 Å². The molecule has 0 saturated heterocycles. The lowest BCUT2D eigenvalue weighted by Crippen LogP contribution is -2.36. The van der Waals surface area contributed by atoms with E-state index in [9.17, 15) is 8.42 Å². The normalized spacial score (nSPS) is 12.2. The maximum atomic E-state index is 13.6. The molecule has 0 atom stereocenters. The Morgan fingerprint density at radius 2 is 1.68 bits per heavy atom. The van der Waals surface area contributed by atoms with Crippen LogP contribution in [0.3, 0.4) is 0 Å². The van der Waals surface area contributed by atoms with Crippen molar-refractivity contribution in [2.75, 3.05) is 34.3 Å². The van der Waals surface area contributed by atoms with Gasteiger partial charge < -0.3 is 14.1 Å². The van der Waals surface area contributed by atoms with Crippen LogP contribution in [0.25, 0.3) is 10.8 Å². The van der Waals surface area contributed by atoms with Gasteiger partial charge in [0.05, 0.1) is 18.6 Å². The van der Waals surface area contributed by atoms with Crippen LogP contribution in [0, 0.1) is 6.92 Å². The molecule has 1 heterocycles. The van der Waals surface area contributed by atoms with Gasteiger partial charge in [-0.1, -0.05) is 24.3 Å². The van der Waals surface area contributed by atoms with Gasteiger partial charge in [0.15, 0.2) is 0 Å². The van der Waals surface area contributed by atoms with Gasteiger partial charge in [-0.05, 0) is 45.3 Å². The molecule has 0 aliphatic heterocycles. The molecule has 0 radical (unpaired) electrons. The number of ether oxygens (including phenoxy) is 1. The first-order chi connectivity index (χ1) is 13.3. The van der Waals surface area contributed by atoms with Crippen molar-refractivity contribution in [2.45, 2.75) is 18.4 Å². The Morgan fingerprint density at radius 1 is 0.964 bits per heavy atom. The van der Waals surface area contributed by atoms with Crippen LogP contribution in [-0.2, 0) is 16.6 Å². The van der Waals surface area contributed by atoms with Gasteiger partial charge in [-0.15, -0.1) is 0 Å². The zero-order valence-electron chi connectivity index (χ0n) is 16.7. The molecular formula is C21H26N2O4S. The van der Waals surface area contributed by atoms with Gasteiger partial charge in [-0.2, -0.15) is 4.31 Å². The number of likely N-dealkylation sites (N-methyl/N-ethyl adjacent to an activating group) is 1. The molecule has 1 aromatic heterocycles. The van der Waals surface area contributed by atoms with Crippen molar-refractivity contribution in [3.8, 4) is 5.75 Å². The second kappa shape index (κ2) is 8.34. The molecule has 0 amide bonds. The van der Waals surface area contributed by atoms with Crippen LogP contribution in [-0.4, -0.2) is 51.9 Å². The summed E-state index contributed by atoms with van der Waals surface area (Å²) in [6.45, 7) is 2.99. The van der Waals surface area contributed by atoms with E-state index in [1.54, 1.807) is 19.2 Å². The molecule has 0 saturated carbocycles. The smallest absolute Gasteiger partial charge is 0.244 e. The molecule has 3 aromatic rings. The topological polar surface area (TPSA) is 63.0 Å². The van der Waals surface area contributed by atoms with E-state index in [-0.39, 0.29) is 11.4 Å². The molecule has 0 aliphatic carbocycles. The molecule has 3 rings (SSSR count). The first-order valence-corrected chi connectivity index (χ1v) is 10.5. The minimum atomic E-state index is -3.75. The van der Waals surface area contributed by atoms with Gasteiger partial charge >= 0.3 is 0 Å². The highest BCUT2D eigenvalue weighted by molar-refractivity contribution is 7.89. The van der Waals surface area contributed by atoms with E-state index in [0.717, 1.165) is 11.1 Å². The average molecular weight is 403 g/mol. The van der Waals surface area contributed by atoms with Gasteiger partial charge in [-0.25, -0.2) is 8.42 Å². The van der Waals surface area contributed by atoms with E-state index in [0.29, 0.717) is 30.0 Å². The third kappa shape index (κ3) is 4.22. The molecule has 2 aromatic carbocycles. The summed E-state index contributed by atoms with van der Waals surface area (Å²) in [5.74, 6) is 2.03. The van der Waals surface area contributed by atoms with E-state index in [1.807, 2.05) is 62.3 Å². The standard InChI is InChI=1S/C21H26N2O4S/c1-16-9-10-17(27-16)15-23(14-13-22(2)3)28(24,25)21-12-11-20(26-4)18-7-5-6-8-19(18)21/h5-12H,13-15H2,1-4H3. The lowest BCUT2D eigenvalue weighted by atomic mass is 10.1. The SMILES string of the molecule is COc1ccc(S(=O)(=O)N(CCN(C)C)Cc2ccc(C)o2)c2ccccc12. The number of methoxy groups -OCH3 is 1. The predicted molar refractivity (Wildman–Crippen MR) is 110 cm³/mol. The Morgan fingerprint density at radius 3 is 2.29 bits per heavy atom. The van der Waals surface area contributed by atoms with Crippen molar-refractivity contribution < 1.29 is 17.6 Å². The van der Waals surface area contributed by atoms with Crippen LogP contribution < -0.4 is 4.74 Å². The molecule has 0 N–H and O–H groups in total. The number of rotatable bonds is 8. The van der Waals surface area contributed by atoms with E-state index < -0.39 is 10.0 Å². The van der Waals surface area contributed by atoms with Gasteiger partial charge in [0.2, 0.25) is 10.0 Å². The number of benzene rings is 2. The molecule has 28 heavy (non-hydrogen) atoms. The van der Waals surface area contributed by atoms with Crippen LogP contribution in [0.4, 0.5) is 0 Å². The first-order valence-electron chi connectivity index (χ1n) is 9.09. The highest BCUT2D eigenvalue weighted by Crippen LogP contribution is 2.32. The summed E-state index contributed by atoms with van der Waals surface area (Å²) in [7, 11) is 1.68. The van der Waals surface area contributed by atoms with Gasteiger partial charge in [0, 0.05) is 23.9 Å². The third-order valence-electron chi connectivity index (χ3n) is 4.61. The monoisotopic (exact) mass is 402 g/mol. The second-order valence-corrected chi connectivity index (χ2v) is 8.87. The molecule has 0 fully saturated rings. The van der Waals surface area contributed by atoms with E-state index >= 15 is 0 Å². The molecule has 6 nitrogen and oxygen atoms in total. The Hall–Kier alpha value is -2.35. The predicted octanol–water partition coefficient (Wildman–Crippen LogP) is 3.50. The average Bonchev–Trinajstić information content (AvgIpc) is 3.08. The van der Waals surface area contributed by atoms with Gasteiger partial charge in [0.25, 0.3) is 0 Å². The maximum absolute atomic E-state index is 13.6. The van der Waals surface area contributed by atoms with Crippen molar-refractivity contribution >= 4 is 20.8 Å². The Bertz CT molecular complexity index is 1060. The molecular weight excluding hydrogens is 376 g/mol. The summed E-state index contributed by atoms with van der Waals surface area (Å²) in [6.07, 6.45) is 0. The molecule has 7 heteroatoms. The minimum Gasteiger partial charge on any atom is -0.496 e. The van der Waals surface area contributed by atoms with Crippen molar-refractivity contribution in [1.82, 2.24) is 9.21 Å². The highest BCUT2D eigenvalue weighted by atomic mass is 32.2. The maximum Gasteiger partial charge on any atom is 0.244 e. The zero-order valence-corrected chi connectivity index (χ0v) is 17.5. The van der Waals surface area contributed by atoms with Crippen molar-refractivity contribution in [3.05, 3.63) is 60.1 Å². The number of hydrogen-bond donors (Lipinski definition) is 0. The van der Waals surface area contributed by atoms with Crippen molar-refractivity contribution in [1.29, 1.82) is 0 Å². The summed E-state index contributed by atoms with van der Waals surface area (Å²) in [5, 5.41) is 1.42. The van der Waals surface area contributed by atoms with Gasteiger partial charge in [0.1, 0.15) is 17.3 Å². The van der Waals surface area contributed by atoms with Crippen LogP contribution in [0.15, 0.2) is 57.8 Å². The Kier molecular flexibility index (Phi) is 6.07. The fraction of sp³-hybridized carbons (Fsp3) is 0.333. The minimum absolute atomic E-state index is 0.185. The van der Waals surface area contributed by atoms with Crippen molar-refractivity contribution in [2.24, 2.45) is 0 Å². The van der Waals surface area contributed by atoms with Crippen LogP contribution >= 0.6 is 0 Å². The highest BCUT2D eigenvalue weighted by Gasteiger charge is 2.28. The fourth-order valence-corrected chi connectivity index (χ4v) is 4.72. The van der Waals surface area contributed by atoms with E-state index in [2.05, 4.69) is 0 Å². The fourth-order valence-electron chi connectivity index (χ4n) is 3.13. The number of furan rings is 1. The van der Waals surface area contributed by atoms with Crippen LogP contribution in [0.2, 0.25) is 0 Å². The number of sulfonamides is 1. The van der Waals surface area contributed by atoms with Gasteiger partial charge in [-0.3, -0.25) is 0 Å². The largest absolute Gasteiger partial charge is 0.496 e. The number of fused-ring (bicyclic) bond motifs is 1. The summed E-state index contributed by atoms with van der Waals surface area (Å²) in [4.78, 5) is 2.23. The van der Waals surface area contributed by atoms with E-state index in [4.69, 9.17) is 9.15 Å². The summed E-state index contributed by atoms with van der Waals surface area (Å²) in [5.41, 5.74) is 0. The molecule has 0 spiro atoms. The summed E-state index contributed by atoms with van der Waals surface area (Å²) < 4.78 is 39.7. The van der Waals surface area contributed by atoms with E-state index in [1.165, 1.54) is 4.31 Å². The molecule has 0 bridgehead atoms. The molecule has 150 valence electrons. The number of nitrogens with zero attached hydrogens (tertiary/aromatic N) is 2. The van der Waals surface area contributed by atoms with Crippen LogP contribution in [0.5, 0.6) is 5.75 Å². The molecule has 0 unspecified atom stereocenters. The quantitative estimate of drug-likeness (QED) is 0.577. The van der Waals surface area contributed by atoms with Crippen molar-refractivity contribution in [3.63, 3.8) is 0 Å². The summed E-state index contributed by atoms with van der Waals surface area (Å²) >= 11 is 0. The summed E-state index contributed by atoms with van der Waals surface area (Å²) in [6, 6.07) is 14.4. The first kappa shape index (κ1) is 20.4.